The van der Waals surface area contributed by atoms with Gasteiger partial charge in [-0.2, -0.15) is 0 Å². The fraction of sp³-hybridized carbons (Fsp3) is 0.435. The first-order valence-electron chi connectivity index (χ1n) is 10.3. The van der Waals surface area contributed by atoms with Gasteiger partial charge in [0.15, 0.2) is 0 Å². The average Bonchev–Trinajstić information content (AvgIpc) is 3.29. The predicted molar refractivity (Wildman–Crippen MR) is 109 cm³/mol. The molecule has 1 saturated carbocycles. The summed E-state index contributed by atoms with van der Waals surface area (Å²) in [7, 11) is 1.29. The van der Waals surface area contributed by atoms with Gasteiger partial charge in [-0.3, -0.25) is 14.4 Å². The van der Waals surface area contributed by atoms with Crippen LogP contribution in [0.15, 0.2) is 47.1 Å². The second-order valence-corrected chi connectivity index (χ2v) is 7.95. The maximum atomic E-state index is 13.6. The van der Waals surface area contributed by atoms with Crippen molar-refractivity contribution in [2.45, 2.75) is 50.1 Å². The molecule has 1 fully saturated rings. The number of carbonyl (C=O) groups is 3. The first-order chi connectivity index (χ1) is 14.6. The first kappa shape index (κ1) is 20.2. The van der Waals surface area contributed by atoms with Gasteiger partial charge in [-0.25, -0.2) is 0 Å². The summed E-state index contributed by atoms with van der Waals surface area (Å²) in [5.41, 5.74) is 0.595. The van der Waals surface area contributed by atoms with Crippen LogP contribution in [0.4, 0.5) is 0 Å². The molecule has 1 atom stereocenters. The van der Waals surface area contributed by atoms with Gasteiger partial charge < -0.3 is 19.4 Å². The minimum absolute atomic E-state index is 0.0825. The molecule has 0 bridgehead atoms. The highest BCUT2D eigenvalue weighted by molar-refractivity contribution is 6.02. The average molecular weight is 410 g/mol. The molecule has 0 radical (unpaired) electrons. The number of methoxy groups -OCH3 is 1. The van der Waals surface area contributed by atoms with E-state index in [0.29, 0.717) is 17.9 Å². The lowest BCUT2D eigenvalue weighted by Gasteiger charge is -2.53. The number of carbonyl (C=O) groups excluding carboxylic acids is 3. The lowest BCUT2D eigenvalue weighted by Crippen LogP contribution is -2.62. The van der Waals surface area contributed by atoms with Gasteiger partial charge in [0.05, 0.1) is 31.4 Å². The third-order valence-corrected chi connectivity index (χ3v) is 6.33. The van der Waals surface area contributed by atoms with E-state index in [1.807, 2.05) is 29.2 Å². The van der Waals surface area contributed by atoms with E-state index in [4.69, 9.17) is 4.42 Å². The summed E-state index contributed by atoms with van der Waals surface area (Å²) in [5.74, 6) is -0.728. The predicted octanol–water partition coefficient (Wildman–Crippen LogP) is 3.01. The molecule has 7 nitrogen and oxygen atoms in total. The Labute approximate surface area is 175 Å². The molecule has 2 aromatic rings. The number of furan rings is 1. The molecular weight excluding hydrogens is 384 g/mol. The summed E-state index contributed by atoms with van der Waals surface area (Å²) < 4.78 is 10.2. The molecule has 2 amide bonds. The van der Waals surface area contributed by atoms with Crippen molar-refractivity contribution in [2.75, 3.05) is 13.7 Å². The number of nitrogens with zero attached hydrogens (tertiary/aromatic N) is 1. The zero-order valence-corrected chi connectivity index (χ0v) is 17.1. The van der Waals surface area contributed by atoms with Crippen molar-refractivity contribution in [3.63, 3.8) is 0 Å². The summed E-state index contributed by atoms with van der Waals surface area (Å²) in [6.07, 6.45) is 5.98. The van der Waals surface area contributed by atoms with Gasteiger partial charge in [-0.1, -0.05) is 37.5 Å². The fourth-order valence-corrected chi connectivity index (χ4v) is 4.97. The Bertz CT molecular complexity index is 931. The quantitative estimate of drug-likeness (QED) is 0.766. The van der Waals surface area contributed by atoms with E-state index < -0.39 is 17.4 Å². The van der Waals surface area contributed by atoms with Crippen LogP contribution in [0, 0.1) is 0 Å². The molecule has 2 heterocycles. The second kappa shape index (κ2) is 8.34. The molecule has 30 heavy (non-hydrogen) atoms. The van der Waals surface area contributed by atoms with Crippen molar-refractivity contribution < 1.29 is 23.5 Å². The summed E-state index contributed by atoms with van der Waals surface area (Å²) in [6.45, 7) is 0.108. The Hall–Kier alpha value is -3.09. The van der Waals surface area contributed by atoms with Crippen molar-refractivity contribution in [1.82, 2.24) is 10.2 Å². The number of benzene rings is 1. The molecule has 4 rings (SSSR count). The highest BCUT2D eigenvalue weighted by atomic mass is 16.5. The number of hydrogen-bond donors (Lipinski definition) is 1. The van der Waals surface area contributed by atoms with E-state index in [0.717, 1.165) is 37.7 Å². The number of fused-ring (bicyclic) bond motifs is 1. The minimum atomic E-state index is -0.656. The van der Waals surface area contributed by atoms with E-state index in [9.17, 15) is 14.4 Å². The first-order valence-corrected chi connectivity index (χ1v) is 10.3. The van der Waals surface area contributed by atoms with E-state index in [2.05, 4.69) is 10.1 Å². The smallest absolute Gasteiger partial charge is 0.325 e. The van der Waals surface area contributed by atoms with Crippen molar-refractivity contribution >= 4 is 17.8 Å². The molecule has 0 saturated heterocycles. The Morgan fingerprint density at radius 2 is 1.93 bits per heavy atom. The zero-order chi connectivity index (χ0) is 21.1. The van der Waals surface area contributed by atoms with Crippen LogP contribution < -0.4 is 5.32 Å². The molecule has 1 aliphatic carbocycles. The standard InChI is InChI=1S/C23H26N2O5/c1-29-19(26)14-24-21(27)20-17-9-3-4-10-18(17)22(28)25(15-16-8-7-13-30-16)23(20)11-5-2-6-12-23/h3-4,7-10,13,20H,2,5-6,11-12,14-15H2,1H3,(H,24,27). The molecule has 7 heteroatoms. The van der Waals surface area contributed by atoms with Gasteiger partial charge in [0.2, 0.25) is 5.91 Å². The van der Waals surface area contributed by atoms with Gasteiger partial charge in [0.25, 0.3) is 5.91 Å². The molecule has 158 valence electrons. The summed E-state index contributed by atoms with van der Waals surface area (Å²) >= 11 is 0. The van der Waals surface area contributed by atoms with Gasteiger partial charge >= 0.3 is 5.97 Å². The summed E-state index contributed by atoms with van der Waals surface area (Å²) in [5, 5.41) is 2.73. The van der Waals surface area contributed by atoms with Crippen molar-refractivity contribution in [2.24, 2.45) is 0 Å². The van der Waals surface area contributed by atoms with Crippen LogP contribution in [0.25, 0.3) is 0 Å². The normalized spacial score (nSPS) is 20.0. The number of esters is 1. The summed E-state index contributed by atoms with van der Waals surface area (Å²) in [6, 6.07) is 10.9. The largest absolute Gasteiger partial charge is 0.468 e. The highest BCUT2D eigenvalue weighted by Gasteiger charge is 2.54. The van der Waals surface area contributed by atoms with E-state index in [1.165, 1.54) is 7.11 Å². The molecule has 1 N–H and O–H groups in total. The highest BCUT2D eigenvalue weighted by Crippen LogP contribution is 2.49. The van der Waals surface area contributed by atoms with Crippen LogP contribution in [-0.2, 0) is 20.9 Å². The lowest BCUT2D eigenvalue weighted by atomic mass is 9.65. The maximum Gasteiger partial charge on any atom is 0.325 e. The second-order valence-electron chi connectivity index (χ2n) is 7.95. The molecular formula is C23H26N2O5. The molecule has 1 unspecified atom stereocenters. The van der Waals surface area contributed by atoms with E-state index in [1.54, 1.807) is 18.4 Å². The monoisotopic (exact) mass is 410 g/mol. The Balaban J connectivity index is 1.79. The maximum absolute atomic E-state index is 13.6. The molecule has 1 aromatic carbocycles. The van der Waals surface area contributed by atoms with Crippen LogP contribution in [-0.4, -0.2) is 41.9 Å². The van der Waals surface area contributed by atoms with Crippen LogP contribution in [0.5, 0.6) is 0 Å². The minimum Gasteiger partial charge on any atom is -0.468 e. The Morgan fingerprint density at radius 3 is 2.63 bits per heavy atom. The van der Waals surface area contributed by atoms with E-state index in [-0.39, 0.29) is 18.4 Å². The van der Waals surface area contributed by atoms with E-state index >= 15 is 0 Å². The molecule has 2 aliphatic rings. The van der Waals surface area contributed by atoms with Crippen LogP contribution in [0.2, 0.25) is 0 Å². The van der Waals surface area contributed by atoms with Gasteiger partial charge in [-0.15, -0.1) is 0 Å². The topological polar surface area (TPSA) is 88.8 Å². The van der Waals surface area contributed by atoms with Gasteiger partial charge in [0, 0.05) is 5.56 Å². The van der Waals surface area contributed by atoms with Crippen LogP contribution in [0.3, 0.4) is 0 Å². The number of nitrogens with one attached hydrogen (secondary N) is 1. The molecule has 1 aromatic heterocycles. The number of rotatable bonds is 5. The van der Waals surface area contributed by atoms with Crippen LogP contribution in [0.1, 0.15) is 59.7 Å². The van der Waals surface area contributed by atoms with Crippen LogP contribution >= 0.6 is 0 Å². The lowest BCUT2D eigenvalue weighted by molar-refractivity contribution is -0.142. The van der Waals surface area contributed by atoms with Crippen molar-refractivity contribution in [1.29, 1.82) is 0 Å². The summed E-state index contributed by atoms with van der Waals surface area (Å²) in [4.78, 5) is 40.5. The van der Waals surface area contributed by atoms with Gasteiger partial charge in [-0.05, 0) is 36.6 Å². The van der Waals surface area contributed by atoms with Crippen molar-refractivity contribution in [3.8, 4) is 0 Å². The fourth-order valence-electron chi connectivity index (χ4n) is 4.97. The van der Waals surface area contributed by atoms with Gasteiger partial charge in [0.1, 0.15) is 12.3 Å². The molecule has 1 spiro atoms. The Kier molecular flexibility index (Phi) is 5.61. The molecule has 1 aliphatic heterocycles. The third-order valence-electron chi connectivity index (χ3n) is 6.33. The number of hydrogen-bond acceptors (Lipinski definition) is 5. The Morgan fingerprint density at radius 1 is 1.17 bits per heavy atom. The number of amides is 2. The van der Waals surface area contributed by atoms with Crippen molar-refractivity contribution in [3.05, 3.63) is 59.5 Å². The zero-order valence-electron chi connectivity index (χ0n) is 17.1. The third kappa shape index (κ3) is 3.49. The number of ether oxygens (including phenoxy) is 1. The SMILES string of the molecule is COC(=O)CNC(=O)C1c2ccccc2C(=O)N(Cc2ccco2)C12CCCCC2.